The first-order chi connectivity index (χ1) is 54.5. The zero-order valence-electron chi connectivity index (χ0n) is 59.5. The van der Waals surface area contributed by atoms with Crippen molar-refractivity contribution in [2.24, 2.45) is 5.92 Å². The van der Waals surface area contributed by atoms with Gasteiger partial charge in [-0.05, 0) is 94.5 Å². The van der Waals surface area contributed by atoms with Crippen LogP contribution < -0.4 is 0 Å². The maximum Gasteiger partial charge on any atom is 0.165 e. The fourth-order valence-corrected chi connectivity index (χ4v) is 18.2. The minimum atomic E-state index is 0.0713. The molecule has 110 heavy (non-hydrogen) atoms. The Hall–Kier alpha value is -13.5. The lowest BCUT2D eigenvalue weighted by Crippen LogP contribution is -2.18. The van der Waals surface area contributed by atoms with E-state index in [4.69, 9.17) is 54.8 Å². The van der Waals surface area contributed by atoms with Gasteiger partial charge in [-0.1, -0.05) is 309 Å². The first-order valence-electron chi connectivity index (χ1n) is 37.1. The molecule has 0 spiro atoms. The highest BCUT2D eigenvalue weighted by molar-refractivity contribution is 8.04. The van der Waals surface area contributed by atoms with Gasteiger partial charge in [0.05, 0.1) is 11.4 Å². The van der Waals surface area contributed by atoms with Gasteiger partial charge in [-0.25, -0.2) is 54.8 Å². The number of hydrogen-bond acceptors (Lipinski definition) is 13. The van der Waals surface area contributed by atoms with Gasteiger partial charge in [-0.3, -0.25) is 0 Å². The zero-order chi connectivity index (χ0) is 72.9. The van der Waals surface area contributed by atoms with Gasteiger partial charge in [0.2, 0.25) is 0 Å². The van der Waals surface area contributed by atoms with Crippen molar-refractivity contribution < 1.29 is 0 Å². The van der Waals surface area contributed by atoms with Gasteiger partial charge < -0.3 is 0 Å². The Bertz CT molecular complexity index is 6380. The molecule has 16 aromatic rings. The van der Waals surface area contributed by atoms with Gasteiger partial charge in [-0.15, -0.1) is 23.1 Å². The molecule has 1 fully saturated rings. The van der Waals surface area contributed by atoms with Crippen LogP contribution in [0.1, 0.15) is 48.6 Å². The van der Waals surface area contributed by atoms with E-state index in [2.05, 4.69) is 237 Å². The van der Waals surface area contributed by atoms with Crippen molar-refractivity contribution in [1.82, 2.24) is 54.8 Å². The highest BCUT2D eigenvalue weighted by Gasteiger charge is 2.42. The average Bonchev–Trinajstić information content (AvgIpc) is 1.59. The topological polar surface area (TPSA) is 142 Å². The molecule has 11 aromatic carbocycles. The maximum absolute atomic E-state index is 5.49. The SMILES string of the molecule is C1=CC2C3=C(c4nc(C5=CCCC(c6ccc(-c7ccc(-c8nc(-c9ccccc9)nc(-c9cccc%10c9sc9cccc(-c%11nc(-c%12ccccc%12)nc(-c%12ccccc%12)n%11)c9%10)n8)cc7)cc6)=C5)nc(-c5ccccc5)n4)CCC=C3SC2C(c2cc(-c3ccccc3)nc(-c3ccc(-c4ccccc4)cc3)n2)=C1. The Morgan fingerprint density at radius 1 is 0.318 bits per heavy atom. The number of aromatic nitrogens is 11. The lowest BCUT2D eigenvalue weighted by molar-refractivity contribution is 0.814. The molecule has 2 unspecified atom stereocenters. The molecule has 13 heteroatoms. The summed E-state index contributed by atoms with van der Waals surface area (Å²) in [7, 11) is 0. The third kappa shape index (κ3) is 12.8. The molecule has 3 aliphatic carbocycles. The molecule has 1 saturated heterocycles. The Morgan fingerprint density at radius 2 is 0.736 bits per heavy atom. The van der Waals surface area contributed by atoms with E-state index in [-0.39, 0.29) is 11.2 Å². The van der Waals surface area contributed by atoms with E-state index in [1.165, 1.54) is 32.8 Å². The van der Waals surface area contributed by atoms with Crippen LogP contribution in [0.3, 0.4) is 0 Å². The van der Waals surface area contributed by atoms with Gasteiger partial charge in [0.15, 0.2) is 58.2 Å². The Balaban J connectivity index is 0.593. The average molecular weight is 1450 g/mol. The second-order valence-electron chi connectivity index (χ2n) is 27.7. The van der Waals surface area contributed by atoms with Crippen LogP contribution >= 0.6 is 23.1 Å². The molecule has 0 amide bonds. The van der Waals surface area contributed by atoms with Crippen LogP contribution in [0.15, 0.2) is 344 Å². The molecule has 11 nitrogen and oxygen atoms in total. The molecule has 0 radical (unpaired) electrons. The van der Waals surface area contributed by atoms with Gasteiger partial charge in [-0.2, -0.15) is 0 Å². The summed E-state index contributed by atoms with van der Waals surface area (Å²) in [5.41, 5.74) is 21.8. The van der Waals surface area contributed by atoms with Crippen LogP contribution in [0, 0.1) is 5.92 Å². The largest absolute Gasteiger partial charge is 0.228 e. The van der Waals surface area contributed by atoms with Gasteiger partial charge in [0.1, 0.15) is 0 Å². The highest BCUT2D eigenvalue weighted by atomic mass is 32.2. The van der Waals surface area contributed by atoms with Crippen molar-refractivity contribution in [3.05, 3.63) is 367 Å². The van der Waals surface area contributed by atoms with E-state index in [1.54, 1.807) is 11.3 Å². The van der Waals surface area contributed by atoms with Crippen LogP contribution in [0.4, 0.5) is 0 Å². The fraction of sp³-hybridized carbons (Fsp3) is 0.0619. The summed E-state index contributed by atoms with van der Waals surface area (Å²) in [6, 6.07) is 103. The normalized spacial score (nSPS) is 15.2. The predicted molar refractivity (Wildman–Crippen MR) is 449 cm³/mol. The molecule has 2 atom stereocenters. The number of allylic oxidation sites excluding steroid dienone is 10. The van der Waals surface area contributed by atoms with E-state index in [9.17, 15) is 0 Å². The standard InChI is InChI=1S/C97H65N11S2/c1-7-24-60(25-8-1)61-50-54-70(55-51-61)88-98-80(65-26-9-2-10-27-65)59-81(99-88)74-38-20-39-75-84-77(41-22-44-82(84)109-86(74)75)96-105-92(69-34-17-6-18-35-69)102-94(108-96)73-37-19-36-72(58-73)64-48-46-62(47-49-64)63-52-56-71(57-53-63)93-101-91(68-32-15-5-16-33-68)106-97(107-93)79-43-21-40-76-85-78(42-23-45-83(85)110-87(76)79)95-103-89(66-28-11-3-12-29-66)100-90(104-95)67-30-13-4-14-31-67/h1-18,20-21,23-35,37-40,42-59,75,86H,19,22,36,41H2. The van der Waals surface area contributed by atoms with Crippen molar-refractivity contribution in [2.75, 3.05) is 0 Å². The maximum atomic E-state index is 5.49. The van der Waals surface area contributed by atoms with Crippen LogP contribution in [0.2, 0.25) is 0 Å². The second-order valence-corrected chi connectivity index (χ2v) is 29.9. The molecule has 0 N–H and O–H groups in total. The summed E-state index contributed by atoms with van der Waals surface area (Å²) >= 11 is 3.65. The van der Waals surface area contributed by atoms with Crippen molar-refractivity contribution in [3.63, 3.8) is 0 Å². The Morgan fingerprint density at radius 3 is 1.30 bits per heavy atom. The number of nitrogens with zero attached hydrogens (tertiary/aromatic N) is 11. The van der Waals surface area contributed by atoms with Crippen molar-refractivity contribution in [2.45, 2.75) is 30.9 Å². The molecule has 5 aromatic heterocycles. The van der Waals surface area contributed by atoms with Gasteiger partial charge >= 0.3 is 0 Å². The summed E-state index contributed by atoms with van der Waals surface area (Å²) in [6.07, 6.45) is 17.3. The molecule has 4 aliphatic rings. The van der Waals surface area contributed by atoms with Gasteiger partial charge in [0, 0.05) is 97.5 Å². The number of thioether (sulfide) groups is 1. The third-order valence-corrected chi connectivity index (χ3v) is 23.5. The number of fused-ring (bicyclic) bond motifs is 6. The minimum absolute atomic E-state index is 0.0713. The van der Waals surface area contributed by atoms with Crippen molar-refractivity contribution in [3.8, 4) is 125 Å². The van der Waals surface area contributed by atoms with E-state index in [0.717, 1.165) is 141 Å². The molecular formula is C97H65N11S2. The lowest BCUT2D eigenvalue weighted by Gasteiger charge is -2.24. The molecule has 0 saturated carbocycles. The summed E-state index contributed by atoms with van der Waals surface area (Å²) in [4.78, 5) is 59.2. The highest BCUT2D eigenvalue weighted by Crippen LogP contribution is 2.57. The second kappa shape index (κ2) is 28.7. The number of benzene rings is 11. The first kappa shape index (κ1) is 66.0. The Labute approximate surface area is 644 Å². The molecule has 1 aliphatic heterocycles. The van der Waals surface area contributed by atoms with Crippen molar-refractivity contribution in [1.29, 1.82) is 0 Å². The first-order valence-corrected chi connectivity index (χ1v) is 38.8. The van der Waals surface area contributed by atoms with Crippen LogP contribution in [0.5, 0.6) is 0 Å². The number of thiophene rings is 1. The monoisotopic (exact) mass is 1450 g/mol. The van der Waals surface area contributed by atoms with Crippen LogP contribution in [-0.2, 0) is 0 Å². The smallest absolute Gasteiger partial charge is 0.165 e. The predicted octanol–water partition coefficient (Wildman–Crippen LogP) is 23.8. The summed E-state index contributed by atoms with van der Waals surface area (Å²) in [5.74, 6) is 6.43. The minimum Gasteiger partial charge on any atom is -0.228 e. The fourth-order valence-electron chi connectivity index (χ4n) is 15.4. The Kier molecular flexibility index (Phi) is 17.2. The quantitative estimate of drug-likeness (QED) is 0.0964. The van der Waals surface area contributed by atoms with Crippen LogP contribution in [0.25, 0.3) is 167 Å². The van der Waals surface area contributed by atoms with Crippen LogP contribution in [-0.4, -0.2) is 60.1 Å². The molecular weight excluding hydrogens is 1380 g/mol. The number of hydrogen-bond donors (Lipinski definition) is 0. The van der Waals surface area contributed by atoms with E-state index >= 15 is 0 Å². The van der Waals surface area contributed by atoms with Crippen molar-refractivity contribution >= 4 is 65.6 Å². The molecule has 6 heterocycles. The molecule has 20 rings (SSSR count). The summed E-state index contributed by atoms with van der Waals surface area (Å²) in [6.45, 7) is 0. The molecule has 520 valence electrons. The lowest BCUT2D eigenvalue weighted by atomic mass is 9.81. The summed E-state index contributed by atoms with van der Waals surface area (Å²) in [5, 5.41) is 2.21. The van der Waals surface area contributed by atoms with E-state index < -0.39 is 0 Å². The van der Waals surface area contributed by atoms with E-state index in [1.807, 2.05) is 109 Å². The third-order valence-electron chi connectivity index (χ3n) is 20.9. The molecule has 0 bridgehead atoms. The summed E-state index contributed by atoms with van der Waals surface area (Å²) < 4.78 is 2.16. The van der Waals surface area contributed by atoms with Gasteiger partial charge in [0.25, 0.3) is 0 Å². The number of rotatable bonds is 15. The van der Waals surface area contributed by atoms with E-state index in [0.29, 0.717) is 52.4 Å². The zero-order valence-corrected chi connectivity index (χ0v) is 61.1.